The van der Waals surface area contributed by atoms with E-state index in [0.29, 0.717) is 11.8 Å². The van der Waals surface area contributed by atoms with Crippen LogP contribution in [-0.4, -0.2) is 9.38 Å². The molecule has 2 rings (SSSR count). The summed E-state index contributed by atoms with van der Waals surface area (Å²) >= 11 is 5.85. The lowest BCUT2D eigenvalue weighted by Crippen LogP contribution is -1.95. The molecule has 2 nitrogen and oxygen atoms in total. The zero-order valence-corrected chi connectivity index (χ0v) is 9.12. The zero-order chi connectivity index (χ0) is 10.1. The Bertz CT molecular complexity index is 445. The molecule has 0 aliphatic carbocycles. The van der Waals surface area contributed by atoms with Gasteiger partial charge in [0.25, 0.3) is 0 Å². The first-order valence-corrected chi connectivity index (χ1v) is 5.29. The highest BCUT2D eigenvalue weighted by molar-refractivity contribution is 6.17. The number of fused-ring (bicyclic) bond motifs is 1. The van der Waals surface area contributed by atoms with Crippen molar-refractivity contribution in [1.82, 2.24) is 9.38 Å². The van der Waals surface area contributed by atoms with Gasteiger partial charge in [0.15, 0.2) is 0 Å². The van der Waals surface area contributed by atoms with Gasteiger partial charge in [-0.1, -0.05) is 19.9 Å². The number of rotatable bonds is 2. The van der Waals surface area contributed by atoms with Gasteiger partial charge >= 0.3 is 0 Å². The van der Waals surface area contributed by atoms with Crippen LogP contribution in [0.1, 0.15) is 31.3 Å². The third kappa shape index (κ3) is 1.40. The first-order chi connectivity index (χ1) is 6.74. The van der Waals surface area contributed by atoms with Crippen LogP contribution in [0, 0.1) is 0 Å². The summed E-state index contributed by atoms with van der Waals surface area (Å²) in [6, 6.07) is 6.08. The highest BCUT2D eigenvalue weighted by atomic mass is 35.5. The molecule has 0 saturated carbocycles. The third-order valence-corrected chi connectivity index (χ3v) is 2.55. The molecule has 0 spiro atoms. The van der Waals surface area contributed by atoms with Gasteiger partial charge in [-0.05, 0) is 12.1 Å². The second-order valence-corrected chi connectivity index (χ2v) is 3.93. The fraction of sp³-hybridized carbons (Fsp3) is 0.364. The van der Waals surface area contributed by atoms with Crippen LogP contribution in [0.25, 0.3) is 5.52 Å². The number of hydrogen-bond acceptors (Lipinski definition) is 1. The second kappa shape index (κ2) is 3.62. The molecule has 0 radical (unpaired) electrons. The summed E-state index contributed by atoms with van der Waals surface area (Å²) < 4.78 is 2.11. The number of imidazole rings is 1. The lowest BCUT2D eigenvalue weighted by molar-refractivity contribution is 0.768. The molecule has 2 heterocycles. The van der Waals surface area contributed by atoms with E-state index in [9.17, 15) is 0 Å². The Labute approximate surface area is 88.5 Å². The van der Waals surface area contributed by atoms with E-state index in [0.717, 1.165) is 17.0 Å². The van der Waals surface area contributed by atoms with Crippen LogP contribution < -0.4 is 0 Å². The van der Waals surface area contributed by atoms with Crippen LogP contribution in [0.15, 0.2) is 24.4 Å². The molecular formula is C11H13ClN2. The van der Waals surface area contributed by atoms with E-state index in [1.54, 1.807) is 0 Å². The highest BCUT2D eigenvalue weighted by Crippen LogP contribution is 2.20. The van der Waals surface area contributed by atoms with Crippen LogP contribution in [0.2, 0.25) is 0 Å². The van der Waals surface area contributed by atoms with E-state index >= 15 is 0 Å². The van der Waals surface area contributed by atoms with Crippen molar-refractivity contribution in [2.24, 2.45) is 0 Å². The second-order valence-electron chi connectivity index (χ2n) is 3.66. The van der Waals surface area contributed by atoms with Gasteiger partial charge in [-0.3, -0.25) is 0 Å². The van der Waals surface area contributed by atoms with Crippen molar-refractivity contribution >= 4 is 17.1 Å². The Morgan fingerprint density at radius 2 is 2.21 bits per heavy atom. The maximum atomic E-state index is 5.85. The molecule has 0 saturated heterocycles. The van der Waals surface area contributed by atoms with Crippen LogP contribution >= 0.6 is 11.6 Å². The molecule has 0 aromatic carbocycles. The van der Waals surface area contributed by atoms with Crippen molar-refractivity contribution < 1.29 is 0 Å². The monoisotopic (exact) mass is 208 g/mol. The molecule has 0 amide bonds. The molecule has 2 aromatic heterocycles. The molecule has 74 valence electrons. The summed E-state index contributed by atoms with van der Waals surface area (Å²) in [6.07, 6.45) is 2.04. The fourth-order valence-corrected chi connectivity index (χ4v) is 1.83. The van der Waals surface area contributed by atoms with Gasteiger partial charge < -0.3 is 4.40 Å². The van der Waals surface area contributed by atoms with Gasteiger partial charge in [0.05, 0.1) is 17.1 Å². The molecule has 0 fully saturated rings. The number of pyridine rings is 1. The summed E-state index contributed by atoms with van der Waals surface area (Å²) in [6.45, 7) is 4.28. The van der Waals surface area contributed by atoms with E-state index in [2.05, 4.69) is 29.3 Å². The molecule has 14 heavy (non-hydrogen) atoms. The van der Waals surface area contributed by atoms with Crippen molar-refractivity contribution in [2.75, 3.05) is 0 Å². The van der Waals surface area contributed by atoms with Crippen molar-refractivity contribution in [2.45, 2.75) is 25.6 Å². The molecule has 0 aliphatic rings. The van der Waals surface area contributed by atoms with Crippen molar-refractivity contribution in [3.8, 4) is 0 Å². The third-order valence-electron chi connectivity index (χ3n) is 2.29. The molecular weight excluding hydrogens is 196 g/mol. The fourth-order valence-electron chi connectivity index (χ4n) is 1.63. The molecule has 3 heteroatoms. The molecule has 0 N–H and O–H groups in total. The van der Waals surface area contributed by atoms with Gasteiger partial charge in [0, 0.05) is 12.1 Å². The SMILES string of the molecule is CC(C)c1nc(CCl)c2ccccn12. The van der Waals surface area contributed by atoms with E-state index in [1.807, 2.05) is 18.3 Å². The standard InChI is InChI=1S/C11H13ClN2/c1-8(2)11-13-9(7-12)10-5-3-4-6-14(10)11/h3-6,8H,7H2,1-2H3. The molecule has 0 unspecified atom stereocenters. The quantitative estimate of drug-likeness (QED) is 0.693. The van der Waals surface area contributed by atoms with Crippen LogP contribution in [-0.2, 0) is 5.88 Å². The first kappa shape index (κ1) is 9.53. The van der Waals surface area contributed by atoms with Gasteiger partial charge in [0.1, 0.15) is 5.82 Å². The Morgan fingerprint density at radius 3 is 2.86 bits per heavy atom. The van der Waals surface area contributed by atoms with Crippen molar-refractivity contribution in [3.05, 3.63) is 35.9 Å². The van der Waals surface area contributed by atoms with E-state index in [1.165, 1.54) is 0 Å². The van der Waals surface area contributed by atoms with Crippen molar-refractivity contribution in [1.29, 1.82) is 0 Å². The van der Waals surface area contributed by atoms with Crippen LogP contribution in [0.4, 0.5) is 0 Å². The maximum Gasteiger partial charge on any atom is 0.116 e. The summed E-state index contributed by atoms with van der Waals surface area (Å²) in [4.78, 5) is 4.54. The van der Waals surface area contributed by atoms with Crippen LogP contribution in [0.5, 0.6) is 0 Å². The lowest BCUT2D eigenvalue weighted by atomic mass is 10.2. The van der Waals surface area contributed by atoms with Gasteiger partial charge in [-0.2, -0.15) is 0 Å². The average molecular weight is 209 g/mol. The highest BCUT2D eigenvalue weighted by Gasteiger charge is 2.11. The topological polar surface area (TPSA) is 17.3 Å². The maximum absolute atomic E-state index is 5.85. The summed E-state index contributed by atoms with van der Waals surface area (Å²) in [5, 5.41) is 0. The predicted octanol–water partition coefficient (Wildman–Crippen LogP) is 3.20. The molecule has 0 bridgehead atoms. The summed E-state index contributed by atoms with van der Waals surface area (Å²) in [5.41, 5.74) is 2.09. The number of halogens is 1. The van der Waals surface area contributed by atoms with Crippen molar-refractivity contribution in [3.63, 3.8) is 0 Å². The minimum Gasteiger partial charge on any atom is -0.303 e. The minimum absolute atomic E-state index is 0.418. The van der Waals surface area contributed by atoms with Crippen LogP contribution in [0.3, 0.4) is 0 Å². The summed E-state index contributed by atoms with van der Waals surface area (Å²) in [5.74, 6) is 1.97. The predicted molar refractivity (Wildman–Crippen MR) is 58.8 cm³/mol. The first-order valence-electron chi connectivity index (χ1n) is 4.76. The number of alkyl halides is 1. The van der Waals surface area contributed by atoms with E-state index in [-0.39, 0.29) is 0 Å². The number of aromatic nitrogens is 2. The number of hydrogen-bond donors (Lipinski definition) is 0. The normalized spacial score (nSPS) is 11.4. The Kier molecular flexibility index (Phi) is 2.46. The van der Waals surface area contributed by atoms with Gasteiger partial charge in [-0.15, -0.1) is 11.6 Å². The minimum atomic E-state index is 0.418. The number of nitrogens with zero attached hydrogens (tertiary/aromatic N) is 2. The molecule has 2 aromatic rings. The zero-order valence-electron chi connectivity index (χ0n) is 8.37. The lowest BCUT2D eigenvalue weighted by Gasteiger charge is -2.02. The van der Waals surface area contributed by atoms with Gasteiger partial charge in [0.2, 0.25) is 0 Å². The largest absolute Gasteiger partial charge is 0.303 e. The van der Waals surface area contributed by atoms with Gasteiger partial charge in [-0.25, -0.2) is 4.98 Å². The Balaban J connectivity index is 2.73. The Hall–Kier alpha value is -1.02. The average Bonchev–Trinajstić information content (AvgIpc) is 2.56. The smallest absolute Gasteiger partial charge is 0.116 e. The van der Waals surface area contributed by atoms with E-state index in [4.69, 9.17) is 11.6 Å². The molecule has 0 atom stereocenters. The molecule has 0 aliphatic heterocycles. The summed E-state index contributed by atoms with van der Waals surface area (Å²) in [7, 11) is 0. The Morgan fingerprint density at radius 1 is 1.43 bits per heavy atom. The van der Waals surface area contributed by atoms with E-state index < -0.39 is 0 Å².